The van der Waals surface area contributed by atoms with E-state index in [2.05, 4.69) is 28.8 Å². The van der Waals surface area contributed by atoms with Gasteiger partial charge in [0.1, 0.15) is 0 Å². The predicted octanol–water partition coefficient (Wildman–Crippen LogP) is 2.69. The molecule has 0 amide bonds. The van der Waals surface area contributed by atoms with E-state index in [9.17, 15) is 0 Å². The topological polar surface area (TPSA) is 37.8 Å². The summed E-state index contributed by atoms with van der Waals surface area (Å²) in [5.41, 5.74) is 1.27. The van der Waals surface area contributed by atoms with Gasteiger partial charge in [0, 0.05) is 18.5 Å². The fourth-order valence-electron chi connectivity index (χ4n) is 2.14. The Balaban J connectivity index is 2.01. The van der Waals surface area contributed by atoms with Crippen LogP contribution in [0, 0.1) is 0 Å². The van der Waals surface area contributed by atoms with Crippen LogP contribution in [0.3, 0.4) is 0 Å². The van der Waals surface area contributed by atoms with Gasteiger partial charge in [-0.05, 0) is 24.4 Å². The van der Waals surface area contributed by atoms with Crippen LogP contribution in [-0.2, 0) is 6.54 Å². The SMILES string of the molecule is CC(C)NCc1snnc1C1CCCC1. The Hall–Kier alpha value is -0.480. The first kappa shape index (κ1) is 11.0. The first-order chi connectivity index (χ1) is 7.27. The minimum absolute atomic E-state index is 0.531. The fraction of sp³-hybridized carbons (Fsp3) is 0.818. The monoisotopic (exact) mass is 225 g/mol. The van der Waals surface area contributed by atoms with Crippen LogP contribution < -0.4 is 5.32 Å². The first-order valence-corrected chi connectivity index (χ1v) is 6.59. The van der Waals surface area contributed by atoms with Crippen LogP contribution in [0.1, 0.15) is 56.0 Å². The van der Waals surface area contributed by atoms with Crippen molar-refractivity contribution in [3.05, 3.63) is 10.6 Å². The third kappa shape index (κ3) is 2.75. The quantitative estimate of drug-likeness (QED) is 0.856. The van der Waals surface area contributed by atoms with E-state index in [4.69, 9.17) is 0 Å². The largest absolute Gasteiger partial charge is 0.310 e. The van der Waals surface area contributed by atoms with Gasteiger partial charge in [0.2, 0.25) is 0 Å². The van der Waals surface area contributed by atoms with Crippen molar-refractivity contribution in [2.24, 2.45) is 0 Å². The Kier molecular flexibility index (Phi) is 3.70. The Labute approximate surface area is 95.4 Å². The number of nitrogens with zero attached hydrogens (tertiary/aromatic N) is 2. The van der Waals surface area contributed by atoms with Gasteiger partial charge in [0.05, 0.1) is 10.6 Å². The average Bonchev–Trinajstić information content (AvgIpc) is 2.85. The fourth-order valence-corrected chi connectivity index (χ4v) is 2.82. The molecule has 1 aliphatic rings. The highest BCUT2D eigenvalue weighted by Gasteiger charge is 2.22. The lowest BCUT2D eigenvalue weighted by molar-refractivity contribution is 0.583. The van der Waals surface area contributed by atoms with Crippen molar-refractivity contribution in [1.29, 1.82) is 0 Å². The Morgan fingerprint density at radius 3 is 2.80 bits per heavy atom. The van der Waals surface area contributed by atoms with E-state index >= 15 is 0 Å². The summed E-state index contributed by atoms with van der Waals surface area (Å²) in [6.45, 7) is 5.27. The van der Waals surface area contributed by atoms with Gasteiger partial charge in [-0.2, -0.15) is 0 Å². The third-order valence-corrected chi connectivity index (χ3v) is 3.74. The second-order valence-corrected chi connectivity index (χ2v) is 5.44. The van der Waals surface area contributed by atoms with Gasteiger partial charge in [0.25, 0.3) is 0 Å². The average molecular weight is 225 g/mol. The Morgan fingerprint density at radius 2 is 2.13 bits per heavy atom. The van der Waals surface area contributed by atoms with Crippen LogP contribution >= 0.6 is 11.5 Å². The lowest BCUT2D eigenvalue weighted by Crippen LogP contribution is -2.22. The molecule has 0 atom stereocenters. The van der Waals surface area contributed by atoms with Gasteiger partial charge in [-0.1, -0.05) is 31.2 Å². The standard InChI is InChI=1S/C11H19N3S/c1-8(2)12-7-10-11(13-14-15-10)9-5-3-4-6-9/h8-9,12H,3-7H2,1-2H3. The zero-order chi connectivity index (χ0) is 10.7. The number of hydrogen-bond acceptors (Lipinski definition) is 4. The molecule has 2 rings (SSSR count). The lowest BCUT2D eigenvalue weighted by atomic mass is 10.0. The molecule has 0 spiro atoms. The van der Waals surface area contributed by atoms with E-state index in [1.807, 2.05) is 0 Å². The summed E-state index contributed by atoms with van der Waals surface area (Å²) in [7, 11) is 0. The molecule has 0 unspecified atom stereocenters. The van der Waals surface area contributed by atoms with E-state index in [-0.39, 0.29) is 0 Å². The normalized spacial score (nSPS) is 17.8. The molecule has 0 aliphatic heterocycles. The van der Waals surface area contributed by atoms with Crippen LogP contribution in [-0.4, -0.2) is 15.6 Å². The van der Waals surface area contributed by atoms with Gasteiger partial charge in [-0.15, -0.1) is 5.10 Å². The van der Waals surface area contributed by atoms with E-state index in [0.29, 0.717) is 12.0 Å². The highest BCUT2D eigenvalue weighted by molar-refractivity contribution is 7.05. The summed E-state index contributed by atoms with van der Waals surface area (Å²) in [4.78, 5) is 1.34. The van der Waals surface area contributed by atoms with Crippen LogP contribution in [0.4, 0.5) is 0 Å². The molecular weight excluding hydrogens is 206 g/mol. The van der Waals surface area contributed by atoms with Gasteiger partial charge >= 0.3 is 0 Å². The summed E-state index contributed by atoms with van der Waals surface area (Å²) in [5, 5.41) is 7.75. The molecule has 0 bridgehead atoms. The second kappa shape index (κ2) is 5.03. The lowest BCUT2D eigenvalue weighted by Gasteiger charge is -2.10. The molecule has 1 heterocycles. The molecule has 0 radical (unpaired) electrons. The van der Waals surface area contributed by atoms with Crippen LogP contribution in [0.25, 0.3) is 0 Å². The highest BCUT2D eigenvalue weighted by Crippen LogP contribution is 2.35. The molecule has 1 aliphatic carbocycles. The minimum Gasteiger partial charge on any atom is -0.310 e. The van der Waals surface area contributed by atoms with E-state index < -0.39 is 0 Å². The Morgan fingerprint density at radius 1 is 1.40 bits per heavy atom. The molecule has 1 aromatic heterocycles. The third-order valence-electron chi connectivity index (χ3n) is 3.00. The molecule has 3 nitrogen and oxygen atoms in total. The molecule has 15 heavy (non-hydrogen) atoms. The van der Waals surface area contributed by atoms with Crippen LogP contribution in [0.5, 0.6) is 0 Å². The molecule has 1 N–H and O–H groups in total. The highest BCUT2D eigenvalue weighted by atomic mass is 32.1. The summed E-state index contributed by atoms with van der Waals surface area (Å²) in [6.07, 6.45) is 5.33. The summed E-state index contributed by atoms with van der Waals surface area (Å²) in [6, 6.07) is 0.531. The van der Waals surface area contributed by atoms with Gasteiger partial charge in [0.15, 0.2) is 0 Å². The maximum atomic E-state index is 4.30. The summed E-state index contributed by atoms with van der Waals surface area (Å²) >= 11 is 1.55. The summed E-state index contributed by atoms with van der Waals surface area (Å²) < 4.78 is 4.10. The number of hydrogen-bond donors (Lipinski definition) is 1. The number of rotatable bonds is 4. The van der Waals surface area contributed by atoms with Crippen molar-refractivity contribution >= 4 is 11.5 Å². The van der Waals surface area contributed by atoms with Crippen molar-refractivity contribution in [3.8, 4) is 0 Å². The Bertz CT molecular complexity index is 303. The molecule has 1 fully saturated rings. The zero-order valence-corrected chi connectivity index (χ0v) is 10.3. The summed E-state index contributed by atoms with van der Waals surface area (Å²) in [5.74, 6) is 0.688. The second-order valence-electron chi connectivity index (χ2n) is 4.60. The molecule has 0 aromatic carbocycles. The predicted molar refractivity (Wildman–Crippen MR) is 63.1 cm³/mol. The first-order valence-electron chi connectivity index (χ1n) is 5.82. The van der Waals surface area contributed by atoms with Crippen LogP contribution in [0.15, 0.2) is 0 Å². The molecular formula is C11H19N3S. The van der Waals surface area contributed by atoms with Crippen molar-refractivity contribution in [2.45, 2.75) is 58.0 Å². The zero-order valence-electron chi connectivity index (χ0n) is 9.49. The van der Waals surface area contributed by atoms with Crippen LogP contribution in [0.2, 0.25) is 0 Å². The molecule has 4 heteroatoms. The van der Waals surface area contributed by atoms with Gasteiger partial charge < -0.3 is 5.32 Å². The number of nitrogens with one attached hydrogen (secondary N) is 1. The maximum Gasteiger partial charge on any atom is 0.0831 e. The molecule has 84 valence electrons. The minimum atomic E-state index is 0.531. The molecule has 0 saturated heterocycles. The van der Waals surface area contributed by atoms with Crippen molar-refractivity contribution in [1.82, 2.24) is 14.9 Å². The maximum absolute atomic E-state index is 4.30. The van der Waals surface area contributed by atoms with Crippen molar-refractivity contribution in [2.75, 3.05) is 0 Å². The van der Waals surface area contributed by atoms with E-state index in [1.165, 1.54) is 36.3 Å². The van der Waals surface area contributed by atoms with Gasteiger partial charge in [-0.25, -0.2) is 0 Å². The van der Waals surface area contributed by atoms with Gasteiger partial charge in [-0.3, -0.25) is 0 Å². The van der Waals surface area contributed by atoms with Crippen molar-refractivity contribution < 1.29 is 0 Å². The molecule has 1 saturated carbocycles. The number of aromatic nitrogens is 2. The van der Waals surface area contributed by atoms with Crippen molar-refractivity contribution in [3.63, 3.8) is 0 Å². The smallest absolute Gasteiger partial charge is 0.0831 e. The molecule has 1 aromatic rings. The van der Waals surface area contributed by atoms with E-state index in [1.54, 1.807) is 11.5 Å². The van der Waals surface area contributed by atoms with E-state index in [0.717, 1.165) is 6.54 Å².